The zero-order valence-electron chi connectivity index (χ0n) is 15.2. The highest BCUT2D eigenvalue weighted by Crippen LogP contribution is 2.35. The minimum absolute atomic E-state index is 0.141. The second kappa shape index (κ2) is 7.12. The lowest BCUT2D eigenvalue weighted by molar-refractivity contribution is -0.124. The third-order valence-electron chi connectivity index (χ3n) is 5.63. The molecule has 1 aromatic heterocycles. The van der Waals surface area contributed by atoms with Crippen molar-refractivity contribution in [1.29, 1.82) is 5.26 Å². The second-order valence-corrected chi connectivity index (χ2v) is 7.52. The molecule has 6 nitrogen and oxygen atoms in total. The van der Waals surface area contributed by atoms with Gasteiger partial charge < -0.3 is 10.6 Å². The third-order valence-corrected chi connectivity index (χ3v) is 5.63. The number of piperidine rings is 1. The van der Waals surface area contributed by atoms with Gasteiger partial charge >= 0.3 is 0 Å². The highest BCUT2D eigenvalue weighted by Gasteiger charge is 2.43. The minimum atomic E-state index is -0.753. The Kier molecular flexibility index (Phi) is 4.66. The van der Waals surface area contributed by atoms with E-state index < -0.39 is 6.04 Å². The Morgan fingerprint density at radius 2 is 2.33 bits per heavy atom. The van der Waals surface area contributed by atoms with Crippen molar-refractivity contribution in [3.8, 4) is 17.2 Å². The van der Waals surface area contributed by atoms with E-state index >= 15 is 0 Å². The fourth-order valence-electron chi connectivity index (χ4n) is 4.22. The Labute approximate surface area is 157 Å². The molecule has 1 aliphatic heterocycles. The van der Waals surface area contributed by atoms with Gasteiger partial charge in [-0.2, -0.15) is 10.4 Å². The van der Waals surface area contributed by atoms with Crippen molar-refractivity contribution in [3.63, 3.8) is 0 Å². The van der Waals surface area contributed by atoms with E-state index in [1.807, 2.05) is 12.3 Å². The Bertz CT molecular complexity index is 902. The molecule has 27 heavy (non-hydrogen) atoms. The van der Waals surface area contributed by atoms with Crippen molar-refractivity contribution >= 4 is 5.91 Å². The van der Waals surface area contributed by atoms with Crippen molar-refractivity contribution in [3.05, 3.63) is 42.0 Å². The van der Waals surface area contributed by atoms with Gasteiger partial charge in [-0.15, -0.1) is 0 Å². The van der Waals surface area contributed by atoms with Gasteiger partial charge in [0.15, 0.2) is 0 Å². The van der Waals surface area contributed by atoms with E-state index in [1.54, 1.807) is 24.0 Å². The van der Waals surface area contributed by atoms with Crippen molar-refractivity contribution < 1.29 is 9.18 Å². The number of nitrogens with one attached hydrogen (secondary N) is 2. The number of carbonyl (C=O) groups excluding carboxylic acids is 1. The van der Waals surface area contributed by atoms with Crippen molar-refractivity contribution in [1.82, 2.24) is 20.4 Å². The molecule has 2 fully saturated rings. The van der Waals surface area contributed by atoms with Crippen LogP contribution in [0.2, 0.25) is 0 Å². The number of fused-ring (bicyclic) bond motifs is 2. The number of hydrogen-bond donors (Lipinski definition) is 2. The molecule has 2 aromatic rings. The topological polar surface area (TPSA) is 82.7 Å². The van der Waals surface area contributed by atoms with Gasteiger partial charge in [-0.05, 0) is 42.4 Å². The summed E-state index contributed by atoms with van der Waals surface area (Å²) in [4.78, 5) is 12.5. The summed E-state index contributed by atoms with van der Waals surface area (Å²) in [6.45, 7) is 0. The Morgan fingerprint density at radius 3 is 2.93 bits per heavy atom. The maximum absolute atomic E-state index is 14.5. The van der Waals surface area contributed by atoms with E-state index in [2.05, 4.69) is 21.8 Å². The average molecular weight is 367 g/mol. The average Bonchev–Trinajstić information content (AvgIpc) is 3.39. The summed E-state index contributed by atoms with van der Waals surface area (Å²) in [5, 5.41) is 19.6. The lowest BCUT2D eigenvalue weighted by Gasteiger charge is -2.23. The fraction of sp³-hybridized carbons (Fsp3) is 0.450. The highest BCUT2D eigenvalue weighted by atomic mass is 19.1. The smallest absolute Gasteiger partial charge is 0.238 e. The largest absolute Gasteiger partial charge is 0.339 e. The van der Waals surface area contributed by atoms with Gasteiger partial charge in [0.05, 0.1) is 18.3 Å². The summed E-state index contributed by atoms with van der Waals surface area (Å²) in [7, 11) is 1.80. The van der Waals surface area contributed by atoms with Crippen molar-refractivity contribution in [2.24, 2.45) is 13.0 Å². The molecule has 2 bridgehead atoms. The first-order chi connectivity index (χ1) is 13.0. The van der Waals surface area contributed by atoms with Crippen LogP contribution in [0.5, 0.6) is 0 Å². The van der Waals surface area contributed by atoms with Crippen LogP contribution in [0.15, 0.2) is 30.6 Å². The Morgan fingerprint density at radius 1 is 1.48 bits per heavy atom. The summed E-state index contributed by atoms with van der Waals surface area (Å²) in [6, 6.07) is 6.45. The molecule has 2 aliphatic rings. The van der Waals surface area contributed by atoms with E-state index in [4.69, 9.17) is 0 Å². The molecular formula is C20H22FN5O. The molecule has 1 aromatic carbocycles. The molecule has 2 unspecified atom stereocenters. The summed E-state index contributed by atoms with van der Waals surface area (Å²) >= 11 is 0. The fourth-order valence-corrected chi connectivity index (χ4v) is 4.22. The Balaban J connectivity index is 1.42. The van der Waals surface area contributed by atoms with Gasteiger partial charge in [-0.25, -0.2) is 4.39 Å². The summed E-state index contributed by atoms with van der Waals surface area (Å²) in [5.74, 6) is -0.185. The molecule has 2 heterocycles. The van der Waals surface area contributed by atoms with Crippen LogP contribution in [-0.2, 0) is 18.3 Å². The number of hydrogen-bond acceptors (Lipinski definition) is 4. The number of nitriles is 1. The van der Waals surface area contributed by atoms with E-state index in [9.17, 15) is 14.4 Å². The molecule has 1 saturated carbocycles. The molecule has 4 atom stereocenters. The maximum Gasteiger partial charge on any atom is 0.238 e. The molecular weight excluding hydrogens is 345 g/mol. The van der Waals surface area contributed by atoms with Gasteiger partial charge in [-0.3, -0.25) is 9.48 Å². The first-order valence-corrected chi connectivity index (χ1v) is 9.27. The van der Waals surface area contributed by atoms with E-state index in [1.165, 1.54) is 6.07 Å². The number of halogens is 1. The summed E-state index contributed by atoms with van der Waals surface area (Å²) in [6.07, 6.45) is 6.83. The molecule has 2 N–H and O–H groups in total. The Hall–Kier alpha value is -2.72. The van der Waals surface area contributed by atoms with E-state index in [0.29, 0.717) is 17.5 Å². The molecule has 7 heteroatoms. The van der Waals surface area contributed by atoms with E-state index in [-0.39, 0.29) is 24.2 Å². The zero-order chi connectivity index (χ0) is 19.0. The van der Waals surface area contributed by atoms with Crippen molar-refractivity contribution in [2.75, 3.05) is 0 Å². The number of aromatic nitrogens is 2. The van der Waals surface area contributed by atoms with Crippen LogP contribution in [-0.4, -0.2) is 33.8 Å². The number of rotatable bonds is 5. The predicted octanol–water partition coefficient (Wildman–Crippen LogP) is 1.92. The van der Waals surface area contributed by atoms with Crippen LogP contribution in [0.1, 0.15) is 24.8 Å². The van der Waals surface area contributed by atoms with Crippen LogP contribution in [0.3, 0.4) is 0 Å². The third kappa shape index (κ3) is 3.58. The summed E-state index contributed by atoms with van der Waals surface area (Å²) in [5.41, 5.74) is 1.97. The van der Waals surface area contributed by atoms with Gasteiger partial charge in [0.2, 0.25) is 5.91 Å². The van der Waals surface area contributed by atoms with Crippen molar-refractivity contribution in [2.45, 2.75) is 43.8 Å². The molecule has 1 saturated heterocycles. The van der Waals surface area contributed by atoms with Crippen LogP contribution in [0, 0.1) is 23.1 Å². The lowest BCUT2D eigenvalue weighted by atomic mass is 9.98. The first kappa shape index (κ1) is 17.7. The monoisotopic (exact) mass is 367 g/mol. The molecule has 1 aliphatic carbocycles. The molecule has 0 radical (unpaired) electrons. The number of carbonyl (C=O) groups is 1. The zero-order valence-corrected chi connectivity index (χ0v) is 15.2. The van der Waals surface area contributed by atoms with Crippen LogP contribution >= 0.6 is 0 Å². The minimum Gasteiger partial charge on any atom is -0.339 e. The van der Waals surface area contributed by atoms with Gasteiger partial charge in [0.25, 0.3) is 0 Å². The lowest BCUT2D eigenvalue weighted by Crippen LogP contribution is -2.50. The van der Waals surface area contributed by atoms with Gasteiger partial charge in [0, 0.05) is 31.3 Å². The second-order valence-electron chi connectivity index (χ2n) is 7.52. The number of nitrogens with zero attached hydrogens (tertiary/aromatic N) is 3. The molecule has 4 rings (SSSR count). The normalized spacial score (nSPS) is 24.6. The van der Waals surface area contributed by atoms with Gasteiger partial charge in [-0.1, -0.05) is 12.1 Å². The molecule has 0 spiro atoms. The van der Waals surface area contributed by atoms with Crippen LogP contribution < -0.4 is 10.6 Å². The predicted molar refractivity (Wildman–Crippen MR) is 97.9 cm³/mol. The SMILES string of the molecule is Cn1cc(-c2ccc(C[C@@H](C#N)NC(=O)[C@H]3NC4CCC3C4)c(F)c2)cn1. The maximum atomic E-state index is 14.5. The van der Waals surface area contributed by atoms with Crippen LogP contribution in [0.25, 0.3) is 11.1 Å². The number of amides is 1. The first-order valence-electron chi connectivity index (χ1n) is 9.27. The molecule has 140 valence electrons. The van der Waals surface area contributed by atoms with Gasteiger partial charge in [0.1, 0.15) is 11.9 Å². The summed E-state index contributed by atoms with van der Waals surface area (Å²) < 4.78 is 16.2. The highest BCUT2D eigenvalue weighted by molar-refractivity contribution is 5.83. The van der Waals surface area contributed by atoms with E-state index in [0.717, 1.165) is 30.4 Å². The van der Waals surface area contributed by atoms with Crippen LogP contribution in [0.4, 0.5) is 4.39 Å². The number of aryl methyl sites for hydroxylation is 1. The number of benzene rings is 1. The molecule has 1 amide bonds. The quantitative estimate of drug-likeness (QED) is 0.846. The standard InChI is InChI=1S/C20H22FN5O/c1-26-11-15(10-23-26)12-2-3-13(18(21)8-12)6-17(9-22)25-20(27)19-14-4-5-16(7-14)24-19/h2-3,8,10-11,14,16-17,19,24H,4-7H2,1H3,(H,25,27)/t14?,16?,17-,19-/m0/s1.